The third-order valence-corrected chi connectivity index (χ3v) is 4.09. The van der Waals surface area contributed by atoms with Gasteiger partial charge in [0.25, 0.3) is 0 Å². The molecule has 96 valence electrons. The van der Waals surface area contributed by atoms with Crippen molar-refractivity contribution >= 4 is 11.3 Å². The second-order valence-electron chi connectivity index (χ2n) is 4.92. The predicted octanol–water partition coefficient (Wildman–Crippen LogP) is 1.61. The topological polar surface area (TPSA) is 65.1 Å². The first kappa shape index (κ1) is 12.8. The van der Waals surface area contributed by atoms with Crippen molar-refractivity contribution in [2.75, 3.05) is 6.54 Å². The van der Waals surface area contributed by atoms with Crippen molar-refractivity contribution in [2.24, 2.45) is 0 Å². The van der Waals surface area contributed by atoms with E-state index in [1.807, 2.05) is 5.38 Å². The van der Waals surface area contributed by atoms with Crippen LogP contribution < -0.4 is 10.2 Å². The van der Waals surface area contributed by atoms with Gasteiger partial charge in [0.05, 0.1) is 5.60 Å². The van der Waals surface area contributed by atoms with E-state index in [-0.39, 0.29) is 4.87 Å². The molecule has 3 N–H and O–H groups in total. The molecular formula is C12H20N2O2S. The van der Waals surface area contributed by atoms with Crippen LogP contribution in [0.5, 0.6) is 0 Å². The van der Waals surface area contributed by atoms with E-state index in [1.165, 1.54) is 24.2 Å². The Morgan fingerprint density at radius 1 is 1.35 bits per heavy atom. The summed E-state index contributed by atoms with van der Waals surface area (Å²) >= 11 is 1.18. The maximum absolute atomic E-state index is 10.9. The van der Waals surface area contributed by atoms with Gasteiger partial charge in [-0.15, -0.1) is 0 Å². The molecule has 17 heavy (non-hydrogen) atoms. The zero-order valence-corrected chi connectivity index (χ0v) is 10.8. The minimum absolute atomic E-state index is 0.0185. The maximum Gasteiger partial charge on any atom is 0.304 e. The van der Waals surface area contributed by atoms with Gasteiger partial charge in [-0.05, 0) is 12.8 Å². The number of hydrogen-bond donors (Lipinski definition) is 3. The van der Waals surface area contributed by atoms with E-state index in [9.17, 15) is 9.90 Å². The summed E-state index contributed by atoms with van der Waals surface area (Å²) in [7, 11) is 0. The van der Waals surface area contributed by atoms with Crippen molar-refractivity contribution in [1.29, 1.82) is 0 Å². The van der Waals surface area contributed by atoms with Crippen molar-refractivity contribution in [2.45, 2.75) is 50.7 Å². The van der Waals surface area contributed by atoms with Crippen LogP contribution in [0.2, 0.25) is 0 Å². The summed E-state index contributed by atoms with van der Waals surface area (Å²) in [5.41, 5.74) is 0.351. The van der Waals surface area contributed by atoms with Gasteiger partial charge in [-0.25, -0.2) is 0 Å². The quantitative estimate of drug-likeness (QED) is 0.717. The lowest BCUT2D eigenvalue weighted by molar-refractivity contribution is 0.0250. The molecule has 0 spiro atoms. The number of aromatic nitrogens is 1. The minimum atomic E-state index is -0.549. The highest BCUT2D eigenvalue weighted by Gasteiger charge is 2.27. The van der Waals surface area contributed by atoms with Gasteiger partial charge in [-0.3, -0.25) is 4.79 Å². The third-order valence-electron chi connectivity index (χ3n) is 3.37. The summed E-state index contributed by atoms with van der Waals surface area (Å²) < 4.78 is 0. The second-order valence-corrected chi connectivity index (χ2v) is 5.76. The summed E-state index contributed by atoms with van der Waals surface area (Å²) in [6, 6.07) is 0. The molecule has 0 aromatic carbocycles. The van der Waals surface area contributed by atoms with E-state index in [0.717, 1.165) is 31.4 Å². The smallest absolute Gasteiger partial charge is 0.304 e. The number of rotatable bonds is 4. The monoisotopic (exact) mass is 256 g/mol. The number of aromatic amines is 1. The van der Waals surface area contributed by atoms with Gasteiger partial charge in [0.2, 0.25) is 0 Å². The van der Waals surface area contributed by atoms with Gasteiger partial charge < -0.3 is 15.4 Å². The van der Waals surface area contributed by atoms with Crippen LogP contribution in [0, 0.1) is 0 Å². The van der Waals surface area contributed by atoms with E-state index in [1.54, 1.807) is 0 Å². The summed E-state index contributed by atoms with van der Waals surface area (Å²) in [5.74, 6) is 0. The lowest BCUT2D eigenvalue weighted by Crippen LogP contribution is -2.40. The number of thiazole rings is 1. The Hall–Kier alpha value is -0.650. The van der Waals surface area contributed by atoms with Gasteiger partial charge in [-0.1, -0.05) is 37.0 Å². The summed E-state index contributed by atoms with van der Waals surface area (Å²) in [6.07, 6.45) is 6.49. The Labute approximate surface area is 105 Å². The molecule has 0 bridgehead atoms. The van der Waals surface area contributed by atoms with Gasteiger partial charge in [0.15, 0.2) is 0 Å². The van der Waals surface area contributed by atoms with Crippen molar-refractivity contribution < 1.29 is 5.11 Å². The fourth-order valence-electron chi connectivity index (χ4n) is 2.39. The molecule has 1 fully saturated rings. The van der Waals surface area contributed by atoms with E-state index in [0.29, 0.717) is 13.1 Å². The molecular weight excluding hydrogens is 236 g/mol. The molecule has 0 amide bonds. The van der Waals surface area contributed by atoms with Crippen LogP contribution >= 0.6 is 11.3 Å². The first-order valence-corrected chi connectivity index (χ1v) is 7.16. The van der Waals surface area contributed by atoms with E-state index in [2.05, 4.69) is 10.3 Å². The van der Waals surface area contributed by atoms with Crippen molar-refractivity contribution in [3.63, 3.8) is 0 Å². The van der Waals surface area contributed by atoms with Crippen LogP contribution in [0.1, 0.15) is 44.2 Å². The van der Waals surface area contributed by atoms with E-state index >= 15 is 0 Å². The number of hydrogen-bond acceptors (Lipinski definition) is 4. The SMILES string of the molecule is O=c1[nH]c(CNCC2(O)CCCCCC2)cs1. The molecule has 0 saturated heterocycles. The molecule has 1 aliphatic rings. The van der Waals surface area contributed by atoms with E-state index < -0.39 is 5.60 Å². The Balaban J connectivity index is 1.78. The molecule has 5 heteroatoms. The summed E-state index contributed by atoms with van der Waals surface area (Å²) in [5, 5.41) is 15.5. The van der Waals surface area contributed by atoms with Crippen LogP contribution in [0.15, 0.2) is 10.2 Å². The van der Waals surface area contributed by atoms with E-state index in [4.69, 9.17) is 0 Å². The number of aliphatic hydroxyl groups is 1. The highest BCUT2D eigenvalue weighted by molar-refractivity contribution is 7.07. The highest BCUT2D eigenvalue weighted by atomic mass is 32.1. The number of H-pyrrole nitrogens is 1. The molecule has 1 aromatic rings. The Morgan fingerprint density at radius 3 is 2.65 bits per heavy atom. The lowest BCUT2D eigenvalue weighted by Gasteiger charge is -2.26. The summed E-state index contributed by atoms with van der Waals surface area (Å²) in [6.45, 7) is 1.24. The van der Waals surface area contributed by atoms with Gasteiger partial charge in [0.1, 0.15) is 0 Å². The molecule has 0 atom stereocenters. The van der Waals surface area contributed by atoms with Gasteiger partial charge >= 0.3 is 4.87 Å². The zero-order chi connectivity index (χ0) is 12.1. The van der Waals surface area contributed by atoms with Crippen molar-refractivity contribution in [1.82, 2.24) is 10.3 Å². The molecule has 2 rings (SSSR count). The normalized spacial score (nSPS) is 20.1. The maximum atomic E-state index is 10.9. The fraction of sp³-hybridized carbons (Fsp3) is 0.750. The molecule has 0 aliphatic heterocycles. The highest BCUT2D eigenvalue weighted by Crippen LogP contribution is 2.26. The Morgan fingerprint density at radius 2 is 2.06 bits per heavy atom. The van der Waals surface area contributed by atoms with Crippen molar-refractivity contribution in [3.8, 4) is 0 Å². The molecule has 0 unspecified atom stereocenters. The average molecular weight is 256 g/mol. The molecule has 1 heterocycles. The largest absolute Gasteiger partial charge is 0.389 e. The third kappa shape index (κ3) is 3.94. The van der Waals surface area contributed by atoms with Gasteiger partial charge in [0, 0.05) is 24.2 Å². The Bertz CT molecular complexity index is 391. The molecule has 1 aromatic heterocycles. The fourth-order valence-corrected chi connectivity index (χ4v) is 2.98. The lowest BCUT2D eigenvalue weighted by atomic mass is 9.94. The van der Waals surface area contributed by atoms with Crippen LogP contribution in [-0.2, 0) is 6.54 Å². The van der Waals surface area contributed by atoms with Crippen LogP contribution in [0.4, 0.5) is 0 Å². The van der Waals surface area contributed by atoms with Crippen LogP contribution in [-0.4, -0.2) is 22.2 Å². The first-order valence-electron chi connectivity index (χ1n) is 6.28. The molecule has 1 saturated carbocycles. The van der Waals surface area contributed by atoms with Crippen molar-refractivity contribution in [3.05, 3.63) is 20.7 Å². The summed E-state index contributed by atoms with van der Waals surface area (Å²) in [4.78, 5) is 13.7. The standard InChI is InChI=1S/C12H20N2O2S/c15-11-14-10(8-17-11)7-13-9-12(16)5-3-1-2-4-6-12/h8,13,16H,1-7,9H2,(H,14,15). The molecule has 0 radical (unpaired) electrons. The first-order chi connectivity index (χ1) is 8.18. The van der Waals surface area contributed by atoms with Crippen LogP contribution in [0.3, 0.4) is 0 Å². The predicted molar refractivity (Wildman–Crippen MR) is 69.3 cm³/mol. The zero-order valence-electron chi connectivity index (χ0n) is 10.00. The van der Waals surface area contributed by atoms with Crippen LogP contribution in [0.25, 0.3) is 0 Å². The average Bonchev–Trinajstić information content (AvgIpc) is 2.58. The molecule has 1 aliphatic carbocycles. The van der Waals surface area contributed by atoms with Gasteiger partial charge in [-0.2, -0.15) is 0 Å². The minimum Gasteiger partial charge on any atom is -0.389 e. The Kier molecular flexibility index (Phi) is 4.36. The molecule has 4 nitrogen and oxygen atoms in total. The number of nitrogens with one attached hydrogen (secondary N) is 2. The second kappa shape index (κ2) is 5.80.